The second-order valence-corrected chi connectivity index (χ2v) is 10.9. The lowest BCUT2D eigenvalue weighted by molar-refractivity contribution is -0.179. The molecule has 1 fully saturated rings. The first-order valence-electron chi connectivity index (χ1n) is 11.7. The Morgan fingerprint density at radius 3 is 2.33 bits per heavy atom. The summed E-state index contributed by atoms with van der Waals surface area (Å²) in [5, 5.41) is 48.8. The summed E-state index contributed by atoms with van der Waals surface area (Å²) in [6.45, 7) is 1.74. The van der Waals surface area contributed by atoms with Gasteiger partial charge in [-0.05, 0) is 37.6 Å². The largest absolute Gasteiger partial charge is 0.433 e. The third-order valence-corrected chi connectivity index (χ3v) is 8.01. The standard InChI is InChI=1S/C24H24F6N4O5S/c1-23(2,38)21(11-4-3-5-31-20(11)24(28,29)30)40-22-19(37)17(18(36)15(9-35)39-22)34-8-14(32-33-34)10-6-12(25)16(27)13(26)7-10/h3-8,15,17-19,21-22,35-38H,9H2,1-2H3/t15-,17+,18+,19-,21?,22+/m1/s1. The lowest BCUT2D eigenvalue weighted by Crippen LogP contribution is -2.55. The zero-order chi connectivity index (χ0) is 29.6. The molecule has 2 aromatic heterocycles. The molecule has 9 nitrogen and oxygen atoms in total. The molecule has 3 aromatic rings. The number of benzene rings is 1. The normalized spacial score (nSPS) is 24.8. The minimum absolute atomic E-state index is 0.159. The summed E-state index contributed by atoms with van der Waals surface area (Å²) in [4.78, 5) is 3.42. The molecule has 0 amide bonds. The zero-order valence-corrected chi connectivity index (χ0v) is 21.6. The Hall–Kier alpha value is -2.76. The Labute approximate surface area is 227 Å². The van der Waals surface area contributed by atoms with Crippen LogP contribution in [0.4, 0.5) is 26.3 Å². The second kappa shape index (κ2) is 11.3. The van der Waals surface area contributed by atoms with Crippen LogP contribution in [0.1, 0.15) is 36.4 Å². The van der Waals surface area contributed by atoms with Crippen molar-refractivity contribution < 1.29 is 51.5 Å². The molecule has 16 heteroatoms. The topological polar surface area (TPSA) is 134 Å². The lowest BCUT2D eigenvalue weighted by Gasteiger charge is -2.44. The van der Waals surface area contributed by atoms with Gasteiger partial charge in [0.05, 0.1) is 23.7 Å². The van der Waals surface area contributed by atoms with Crippen molar-refractivity contribution in [3.63, 3.8) is 0 Å². The predicted molar refractivity (Wildman–Crippen MR) is 128 cm³/mol. The van der Waals surface area contributed by atoms with Crippen LogP contribution in [0.25, 0.3) is 11.3 Å². The van der Waals surface area contributed by atoms with E-state index in [4.69, 9.17) is 4.74 Å². The number of ether oxygens (including phenoxy) is 1. The lowest BCUT2D eigenvalue weighted by atomic mass is 9.96. The minimum atomic E-state index is -4.87. The van der Waals surface area contributed by atoms with Gasteiger partial charge in [0.1, 0.15) is 41.2 Å². The Kier molecular flexibility index (Phi) is 8.50. The van der Waals surface area contributed by atoms with Gasteiger partial charge in [0.25, 0.3) is 0 Å². The fourth-order valence-electron chi connectivity index (χ4n) is 4.37. The number of hydrogen-bond acceptors (Lipinski definition) is 9. The van der Waals surface area contributed by atoms with E-state index in [1.807, 2.05) is 0 Å². The van der Waals surface area contributed by atoms with Gasteiger partial charge in [-0.15, -0.1) is 16.9 Å². The molecule has 218 valence electrons. The summed E-state index contributed by atoms with van der Waals surface area (Å²) in [6, 6.07) is 2.29. The van der Waals surface area contributed by atoms with Crippen LogP contribution < -0.4 is 0 Å². The number of aromatic nitrogens is 4. The highest BCUT2D eigenvalue weighted by Gasteiger charge is 2.49. The maximum atomic E-state index is 13.7. The van der Waals surface area contributed by atoms with Crippen LogP contribution in [0, 0.1) is 17.5 Å². The van der Waals surface area contributed by atoms with Crippen molar-refractivity contribution in [1.82, 2.24) is 20.0 Å². The maximum Gasteiger partial charge on any atom is 0.433 e. The smallest absolute Gasteiger partial charge is 0.394 e. The van der Waals surface area contributed by atoms with Crippen LogP contribution in [0.5, 0.6) is 0 Å². The summed E-state index contributed by atoms with van der Waals surface area (Å²) in [5.41, 5.74) is -5.26. The van der Waals surface area contributed by atoms with Gasteiger partial charge in [0.15, 0.2) is 17.5 Å². The number of alkyl halides is 3. The summed E-state index contributed by atoms with van der Waals surface area (Å²) in [5.74, 6) is -4.67. The third kappa shape index (κ3) is 5.96. The van der Waals surface area contributed by atoms with Crippen molar-refractivity contribution in [2.24, 2.45) is 0 Å². The Balaban J connectivity index is 1.70. The number of nitrogens with zero attached hydrogens (tertiary/aromatic N) is 4. The molecule has 1 aliphatic rings. The first kappa shape index (κ1) is 30.2. The van der Waals surface area contributed by atoms with E-state index in [9.17, 15) is 46.8 Å². The van der Waals surface area contributed by atoms with Gasteiger partial charge in [-0.3, -0.25) is 4.98 Å². The first-order valence-corrected chi connectivity index (χ1v) is 12.7. The summed E-state index contributed by atoms with van der Waals surface area (Å²) in [6.07, 6.45) is -7.53. The van der Waals surface area contributed by atoms with Gasteiger partial charge in [0.2, 0.25) is 0 Å². The van der Waals surface area contributed by atoms with E-state index in [1.165, 1.54) is 19.9 Å². The van der Waals surface area contributed by atoms with Crippen molar-refractivity contribution >= 4 is 11.8 Å². The molecule has 1 unspecified atom stereocenters. The predicted octanol–water partition coefficient (Wildman–Crippen LogP) is 3.00. The Bertz CT molecular complexity index is 1330. The molecule has 1 aromatic carbocycles. The minimum Gasteiger partial charge on any atom is -0.394 e. The van der Waals surface area contributed by atoms with Gasteiger partial charge >= 0.3 is 6.18 Å². The molecule has 0 aliphatic carbocycles. The SMILES string of the molecule is CC(C)(O)C(S[C@@H]1O[C@H](CO)[C@H](O)[C@H](n2cc(-c3cc(F)c(F)c(F)c3)nn2)[C@H]1O)c1cccnc1C(F)(F)F. The second-order valence-electron chi connectivity index (χ2n) is 9.64. The number of aliphatic hydroxyl groups is 4. The third-order valence-electron chi connectivity index (χ3n) is 6.25. The Morgan fingerprint density at radius 2 is 1.75 bits per heavy atom. The molecule has 4 rings (SSSR count). The highest BCUT2D eigenvalue weighted by atomic mass is 32.2. The number of rotatable bonds is 7. The fraction of sp³-hybridized carbons (Fsp3) is 0.458. The van der Waals surface area contributed by atoms with Crippen LogP contribution in [-0.2, 0) is 10.9 Å². The molecule has 3 heterocycles. The highest BCUT2D eigenvalue weighted by Crippen LogP contribution is 2.48. The van der Waals surface area contributed by atoms with Crippen LogP contribution in [0.15, 0.2) is 36.7 Å². The summed E-state index contributed by atoms with van der Waals surface area (Å²) >= 11 is 0.606. The van der Waals surface area contributed by atoms with E-state index in [0.29, 0.717) is 23.9 Å². The van der Waals surface area contributed by atoms with Crippen LogP contribution in [0.3, 0.4) is 0 Å². The van der Waals surface area contributed by atoms with Crippen molar-refractivity contribution in [3.05, 3.63) is 65.4 Å². The molecule has 4 N–H and O–H groups in total. The number of pyridine rings is 1. The molecule has 40 heavy (non-hydrogen) atoms. The van der Waals surface area contributed by atoms with Crippen LogP contribution in [-0.4, -0.2) is 76.4 Å². The summed E-state index contributed by atoms with van der Waals surface area (Å²) in [7, 11) is 0. The van der Waals surface area contributed by atoms with Crippen molar-refractivity contribution in [3.8, 4) is 11.3 Å². The van der Waals surface area contributed by atoms with Gasteiger partial charge in [0, 0.05) is 11.8 Å². The average Bonchev–Trinajstić information content (AvgIpc) is 3.35. The highest BCUT2D eigenvalue weighted by molar-refractivity contribution is 8.00. The van der Waals surface area contributed by atoms with E-state index in [-0.39, 0.29) is 11.3 Å². The molecular formula is C24H24F6N4O5S. The van der Waals surface area contributed by atoms with Gasteiger partial charge in [-0.1, -0.05) is 11.3 Å². The Morgan fingerprint density at radius 1 is 1.10 bits per heavy atom. The molecule has 6 atom stereocenters. The monoisotopic (exact) mass is 594 g/mol. The van der Waals surface area contributed by atoms with Crippen LogP contribution >= 0.6 is 11.8 Å². The molecule has 0 spiro atoms. The quantitative estimate of drug-likeness (QED) is 0.241. The molecule has 0 bridgehead atoms. The maximum absolute atomic E-state index is 13.7. The molecule has 0 radical (unpaired) electrons. The van der Waals surface area contributed by atoms with E-state index >= 15 is 0 Å². The number of aliphatic hydroxyl groups excluding tert-OH is 3. The average molecular weight is 595 g/mol. The van der Waals surface area contributed by atoms with Crippen LogP contribution in [0.2, 0.25) is 0 Å². The van der Waals surface area contributed by atoms with Gasteiger partial charge < -0.3 is 25.2 Å². The van der Waals surface area contributed by atoms with E-state index < -0.39 is 82.1 Å². The number of hydrogen-bond donors (Lipinski definition) is 4. The molecule has 1 saturated heterocycles. The number of halogens is 6. The van der Waals surface area contributed by atoms with Gasteiger partial charge in [-0.2, -0.15) is 13.2 Å². The molecular weight excluding hydrogens is 570 g/mol. The van der Waals surface area contributed by atoms with E-state index in [0.717, 1.165) is 23.1 Å². The van der Waals surface area contributed by atoms with E-state index in [1.54, 1.807) is 0 Å². The molecule has 1 aliphatic heterocycles. The first-order chi connectivity index (χ1) is 18.6. The zero-order valence-electron chi connectivity index (χ0n) is 20.8. The van der Waals surface area contributed by atoms with Crippen molar-refractivity contribution in [2.75, 3.05) is 6.61 Å². The molecule has 0 saturated carbocycles. The van der Waals surface area contributed by atoms with Crippen molar-refractivity contribution in [2.45, 2.75) is 60.7 Å². The van der Waals surface area contributed by atoms with Crippen molar-refractivity contribution in [1.29, 1.82) is 0 Å². The summed E-state index contributed by atoms with van der Waals surface area (Å²) < 4.78 is 88.6. The number of thioether (sulfide) groups is 1. The van der Waals surface area contributed by atoms with Gasteiger partial charge in [-0.25, -0.2) is 17.9 Å². The van der Waals surface area contributed by atoms with E-state index in [2.05, 4.69) is 15.3 Å². The fourth-order valence-corrected chi connectivity index (χ4v) is 5.84.